The number of Topliss-reactive ketones (excluding diaryl/α,β-unsaturated/α-hetero) is 1. The third kappa shape index (κ3) is 3.67. The van der Waals surface area contributed by atoms with Gasteiger partial charge >= 0.3 is 0 Å². The number of halogens is 1. The first kappa shape index (κ1) is 17.1. The first-order valence-electron chi connectivity index (χ1n) is 7.37. The van der Waals surface area contributed by atoms with Gasteiger partial charge in [-0.05, 0) is 30.7 Å². The van der Waals surface area contributed by atoms with E-state index in [0.29, 0.717) is 23.0 Å². The maximum atomic E-state index is 12.9. The number of benzene rings is 1. The number of carbonyl (C=O) groups excluding carboxylic acids is 1. The summed E-state index contributed by atoms with van der Waals surface area (Å²) < 4.78 is 37.8. The van der Waals surface area contributed by atoms with Gasteiger partial charge in [0.1, 0.15) is 11.6 Å². The van der Waals surface area contributed by atoms with Crippen molar-refractivity contribution in [2.45, 2.75) is 17.5 Å². The second-order valence-corrected chi connectivity index (χ2v) is 8.89. The predicted octanol–water partition coefficient (Wildman–Crippen LogP) is 1.83. The zero-order valence-electron chi connectivity index (χ0n) is 13.0. The molecular weight excluding hydrogens is 353 g/mol. The van der Waals surface area contributed by atoms with E-state index in [-0.39, 0.29) is 34.8 Å². The fraction of sp³-hybridized carbons (Fsp3) is 0.400. The molecule has 9 heteroatoms. The minimum absolute atomic E-state index is 0.0954. The van der Waals surface area contributed by atoms with E-state index in [1.165, 1.54) is 36.0 Å². The van der Waals surface area contributed by atoms with E-state index >= 15 is 0 Å². The molecule has 1 aliphatic rings. The Balaban J connectivity index is 1.66. The molecule has 1 aromatic heterocycles. The Morgan fingerprint density at radius 2 is 2.04 bits per heavy atom. The lowest BCUT2D eigenvalue weighted by molar-refractivity contribution is 0.102. The quantitative estimate of drug-likeness (QED) is 0.591. The molecule has 1 aliphatic heterocycles. The molecular formula is C15H16FN3O3S2. The van der Waals surface area contributed by atoms with Gasteiger partial charge in [0, 0.05) is 18.5 Å². The number of hydrogen-bond acceptors (Lipinski definition) is 6. The summed E-state index contributed by atoms with van der Waals surface area (Å²) in [4.78, 5) is 12.1. The van der Waals surface area contributed by atoms with Crippen molar-refractivity contribution in [3.63, 3.8) is 0 Å². The lowest BCUT2D eigenvalue weighted by Crippen LogP contribution is -2.09. The normalized spacial score (nSPS) is 19.5. The molecule has 0 radical (unpaired) electrons. The highest BCUT2D eigenvalue weighted by atomic mass is 32.2. The van der Waals surface area contributed by atoms with Crippen LogP contribution in [0.1, 0.15) is 28.5 Å². The second-order valence-electron chi connectivity index (χ2n) is 5.72. The summed E-state index contributed by atoms with van der Waals surface area (Å²) in [6, 6.07) is 5.39. The van der Waals surface area contributed by atoms with Crippen molar-refractivity contribution in [3.05, 3.63) is 41.5 Å². The molecule has 1 atom stereocenters. The Labute approximate surface area is 143 Å². The zero-order chi connectivity index (χ0) is 17.3. The smallest absolute Gasteiger partial charge is 0.191 e. The van der Waals surface area contributed by atoms with E-state index in [1.54, 1.807) is 11.6 Å². The molecule has 2 heterocycles. The van der Waals surface area contributed by atoms with E-state index in [4.69, 9.17) is 0 Å². The van der Waals surface area contributed by atoms with Gasteiger partial charge in [0.05, 0.1) is 17.3 Å². The fourth-order valence-electron chi connectivity index (χ4n) is 2.66. The number of rotatable bonds is 5. The summed E-state index contributed by atoms with van der Waals surface area (Å²) in [5.41, 5.74) is 0.438. The van der Waals surface area contributed by atoms with Crippen LogP contribution in [0.4, 0.5) is 4.39 Å². The second kappa shape index (κ2) is 6.64. The molecule has 0 bridgehead atoms. The third-order valence-corrected chi connectivity index (χ3v) is 6.75. The monoisotopic (exact) mass is 369 g/mol. The van der Waals surface area contributed by atoms with Gasteiger partial charge < -0.3 is 4.57 Å². The summed E-state index contributed by atoms with van der Waals surface area (Å²) >= 11 is 1.23. The number of carbonyl (C=O) groups is 1. The summed E-state index contributed by atoms with van der Waals surface area (Å²) in [7, 11) is -1.22. The molecule has 24 heavy (non-hydrogen) atoms. The first-order chi connectivity index (χ1) is 11.4. The molecule has 0 spiro atoms. The van der Waals surface area contributed by atoms with Crippen LogP contribution in [-0.2, 0) is 16.9 Å². The average Bonchev–Trinajstić information content (AvgIpc) is 3.08. The van der Waals surface area contributed by atoms with E-state index < -0.39 is 9.84 Å². The topological polar surface area (TPSA) is 81.9 Å². The average molecular weight is 369 g/mol. The minimum atomic E-state index is -2.99. The van der Waals surface area contributed by atoms with Gasteiger partial charge in [-0.15, -0.1) is 10.2 Å². The number of hydrogen-bond donors (Lipinski definition) is 0. The molecule has 1 fully saturated rings. The van der Waals surface area contributed by atoms with Crippen molar-refractivity contribution < 1.29 is 17.6 Å². The Hall–Kier alpha value is -1.74. The Morgan fingerprint density at radius 3 is 2.67 bits per heavy atom. The molecule has 128 valence electrons. The number of thioether (sulfide) groups is 1. The summed E-state index contributed by atoms with van der Waals surface area (Å²) in [5, 5.41) is 8.71. The van der Waals surface area contributed by atoms with Gasteiger partial charge in [0.2, 0.25) is 0 Å². The van der Waals surface area contributed by atoms with Crippen LogP contribution in [0, 0.1) is 5.82 Å². The highest BCUT2D eigenvalue weighted by molar-refractivity contribution is 7.99. The van der Waals surface area contributed by atoms with Crippen LogP contribution in [0.3, 0.4) is 0 Å². The van der Waals surface area contributed by atoms with Crippen LogP contribution in [-0.4, -0.2) is 46.2 Å². The molecule has 0 amide bonds. The number of sulfone groups is 1. The van der Waals surface area contributed by atoms with Crippen molar-refractivity contribution in [1.29, 1.82) is 0 Å². The van der Waals surface area contributed by atoms with Crippen LogP contribution >= 0.6 is 11.8 Å². The minimum Gasteiger partial charge on any atom is -0.309 e. The Morgan fingerprint density at radius 1 is 1.33 bits per heavy atom. The van der Waals surface area contributed by atoms with Gasteiger partial charge in [-0.3, -0.25) is 4.79 Å². The number of aromatic nitrogens is 3. The summed E-state index contributed by atoms with van der Waals surface area (Å²) in [6.45, 7) is 0. The lowest BCUT2D eigenvalue weighted by Gasteiger charge is -2.07. The first-order valence-corrected chi connectivity index (χ1v) is 10.2. The van der Waals surface area contributed by atoms with Crippen LogP contribution in [0.2, 0.25) is 0 Å². The van der Waals surface area contributed by atoms with Gasteiger partial charge in [-0.2, -0.15) is 0 Å². The van der Waals surface area contributed by atoms with Gasteiger partial charge in [0.25, 0.3) is 0 Å². The highest BCUT2D eigenvalue weighted by Crippen LogP contribution is 2.29. The van der Waals surface area contributed by atoms with Crippen molar-refractivity contribution in [1.82, 2.24) is 14.8 Å². The SMILES string of the molecule is Cn1c(SCC(=O)c2ccc(F)cc2)nnc1C1CCS(=O)(=O)C1. The van der Waals surface area contributed by atoms with Crippen molar-refractivity contribution in [2.24, 2.45) is 7.05 Å². The van der Waals surface area contributed by atoms with Crippen molar-refractivity contribution in [3.8, 4) is 0 Å². The Bertz CT molecular complexity index is 863. The van der Waals surface area contributed by atoms with Crippen LogP contribution in [0.25, 0.3) is 0 Å². The summed E-state index contributed by atoms with van der Waals surface area (Å²) in [5.74, 6) is 0.397. The molecule has 1 aromatic carbocycles. The molecule has 0 saturated carbocycles. The summed E-state index contributed by atoms with van der Waals surface area (Å²) in [6.07, 6.45) is 0.549. The molecule has 6 nitrogen and oxygen atoms in total. The molecule has 3 rings (SSSR count). The van der Waals surface area contributed by atoms with Crippen molar-refractivity contribution in [2.75, 3.05) is 17.3 Å². The van der Waals surface area contributed by atoms with E-state index in [2.05, 4.69) is 10.2 Å². The molecule has 2 aromatic rings. The van der Waals surface area contributed by atoms with Crippen molar-refractivity contribution >= 4 is 27.4 Å². The maximum absolute atomic E-state index is 12.9. The number of nitrogens with zero attached hydrogens (tertiary/aromatic N) is 3. The van der Waals surface area contributed by atoms with Crippen LogP contribution in [0.5, 0.6) is 0 Å². The molecule has 0 aliphatic carbocycles. The Kier molecular flexibility index (Phi) is 4.73. The standard InChI is InChI=1S/C15H16FN3O3S2/c1-19-14(11-6-7-24(21,22)9-11)17-18-15(19)23-8-13(20)10-2-4-12(16)5-3-10/h2-5,11H,6-9H2,1H3. The van der Waals surface area contributed by atoms with Crippen LogP contribution < -0.4 is 0 Å². The largest absolute Gasteiger partial charge is 0.309 e. The molecule has 0 N–H and O–H groups in total. The third-order valence-electron chi connectivity index (χ3n) is 3.96. The molecule has 1 unspecified atom stereocenters. The van der Waals surface area contributed by atoms with Gasteiger partial charge in [-0.1, -0.05) is 11.8 Å². The highest BCUT2D eigenvalue weighted by Gasteiger charge is 2.32. The predicted molar refractivity (Wildman–Crippen MR) is 88.5 cm³/mol. The van der Waals surface area contributed by atoms with E-state index in [9.17, 15) is 17.6 Å². The zero-order valence-corrected chi connectivity index (χ0v) is 14.6. The van der Waals surface area contributed by atoms with Gasteiger partial charge in [-0.25, -0.2) is 12.8 Å². The van der Waals surface area contributed by atoms with E-state index in [1.807, 2.05) is 0 Å². The number of ketones is 1. The van der Waals surface area contributed by atoms with Crippen LogP contribution in [0.15, 0.2) is 29.4 Å². The van der Waals surface area contributed by atoms with Gasteiger partial charge in [0.15, 0.2) is 20.8 Å². The fourth-order valence-corrected chi connectivity index (χ4v) is 5.21. The maximum Gasteiger partial charge on any atom is 0.191 e. The molecule has 1 saturated heterocycles. The lowest BCUT2D eigenvalue weighted by atomic mass is 10.1. The van der Waals surface area contributed by atoms with E-state index in [0.717, 1.165) is 0 Å².